The molecule has 178 valence electrons. The molecule has 34 heavy (non-hydrogen) atoms. The minimum absolute atomic E-state index is 0.102. The molecule has 5 rings (SSSR count). The van der Waals surface area contributed by atoms with E-state index < -0.39 is 5.60 Å². The number of benzene rings is 1. The highest BCUT2D eigenvalue weighted by molar-refractivity contribution is 7.13. The van der Waals surface area contributed by atoms with Gasteiger partial charge in [0.05, 0.1) is 18.4 Å². The molecule has 0 aliphatic carbocycles. The lowest BCUT2D eigenvalue weighted by molar-refractivity contribution is -0.143. The van der Waals surface area contributed by atoms with Crippen LogP contribution in [0.1, 0.15) is 12.0 Å². The molecule has 2 saturated heterocycles. The van der Waals surface area contributed by atoms with Crippen molar-refractivity contribution < 1.29 is 14.6 Å². The summed E-state index contributed by atoms with van der Waals surface area (Å²) < 4.78 is 5.79. The first kappa shape index (κ1) is 22.9. The average Bonchev–Trinajstić information content (AvgIpc) is 3.45. The van der Waals surface area contributed by atoms with E-state index in [9.17, 15) is 9.90 Å². The molecule has 2 aromatic heterocycles. The van der Waals surface area contributed by atoms with E-state index in [1.807, 2.05) is 29.6 Å². The fourth-order valence-corrected chi connectivity index (χ4v) is 5.15. The Labute approximate surface area is 202 Å². The Hall–Kier alpha value is -2.92. The normalized spacial score (nSPS) is 23.4. The van der Waals surface area contributed by atoms with Gasteiger partial charge in [0.15, 0.2) is 5.60 Å². The third kappa shape index (κ3) is 4.54. The summed E-state index contributed by atoms with van der Waals surface area (Å²) in [5.74, 6) is 0.271. The average molecular weight is 481 g/mol. The number of likely N-dealkylation sites (N-methyl/N-ethyl adjacent to an activating group) is 2. The highest BCUT2D eigenvalue weighted by Gasteiger charge is 2.45. The largest absolute Gasteiger partial charge is 0.375 e. The number of rotatable bonds is 6. The molecule has 0 saturated carbocycles. The molecule has 1 amide bonds. The number of thiazole rings is 1. The molecule has 2 atom stereocenters. The Balaban J connectivity index is 1.32. The number of nitrogens with zero attached hydrogens (tertiary/aromatic N) is 5. The van der Waals surface area contributed by atoms with E-state index in [1.54, 1.807) is 24.2 Å². The molecule has 3 aromatic rings. The smallest absolute Gasteiger partial charge is 0.258 e. The summed E-state index contributed by atoms with van der Waals surface area (Å²) in [5.41, 5.74) is 1.45. The van der Waals surface area contributed by atoms with Gasteiger partial charge in [-0.2, -0.15) is 0 Å². The van der Waals surface area contributed by atoms with Crippen molar-refractivity contribution in [2.24, 2.45) is 0 Å². The number of nitrogens with one attached hydrogen (secondary N) is 1. The highest BCUT2D eigenvalue weighted by atomic mass is 32.1. The minimum atomic E-state index is -1.48. The molecular formula is C24H28N6O3S. The summed E-state index contributed by atoms with van der Waals surface area (Å²) in [6.07, 6.45) is 2.20. The predicted molar refractivity (Wildman–Crippen MR) is 130 cm³/mol. The van der Waals surface area contributed by atoms with E-state index in [0.29, 0.717) is 31.0 Å². The molecule has 10 heteroatoms. The number of anilines is 1. The van der Waals surface area contributed by atoms with Gasteiger partial charge in [0.2, 0.25) is 5.95 Å². The van der Waals surface area contributed by atoms with E-state index >= 15 is 0 Å². The molecule has 0 radical (unpaired) electrons. The molecule has 2 N–H and O–H groups in total. The lowest BCUT2D eigenvalue weighted by Gasteiger charge is -2.30. The Kier molecular flexibility index (Phi) is 6.30. The molecule has 0 bridgehead atoms. The van der Waals surface area contributed by atoms with Crippen LogP contribution in [-0.2, 0) is 15.1 Å². The maximum absolute atomic E-state index is 12.5. The number of hydrogen-bond acceptors (Lipinski definition) is 9. The highest BCUT2D eigenvalue weighted by Crippen LogP contribution is 2.36. The van der Waals surface area contributed by atoms with Gasteiger partial charge in [0, 0.05) is 56.8 Å². The molecule has 0 unspecified atom stereocenters. The number of amides is 1. The predicted octanol–water partition coefficient (Wildman–Crippen LogP) is 2.06. The minimum Gasteiger partial charge on any atom is -0.375 e. The van der Waals surface area contributed by atoms with Crippen molar-refractivity contribution in [3.63, 3.8) is 0 Å². The molecular weight excluding hydrogens is 452 g/mol. The SMILES string of the molecule is CN1CCO[C@@H](CNc2nccc(-c3csc(-c4cccc([C@]5(O)CCN(C)C5=O)c4)n3)n2)C1. The van der Waals surface area contributed by atoms with Gasteiger partial charge in [-0.1, -0.05) is 18.2 Å². The topological polar surface area (TPSA) is 104 Å². The first-order valence-electron chi connectivity index (χ1n) is 11.3. The summed E-state index contributed by atoms with van der Waals surface area (Å²) in [6, 6.07) is 9.28. The first-order valence-corrected chi connectivity index (χ1v) is 12.2. The second-order valence-corrected chi connectivity index (χ2v) is 9.72. The van der Waals surface area contributed by atoms with Gasteiger partial charge in [-0.3, -0.25) is 4.79 Å². The summed E-state index contributed by atoms with van der Waals surface area (Å²) in [7, 11) is 3.80. The van der Waals surface area contributed by atoms with Crippen LogP contribution in [0.25, 0.3) is 22.0 Å². The fraction of sp³-hybridized carbons (Fsp3) is 0.417. The number of hydrogen-bond donors (Lipinski definition) is 2. The van der Waals surface area contributed by atoms with Crippen LogP contribution in [-0.4, -0.2) is 88.8 Å². The number of likely N-dealkylation sites (tertiary alicyclic amines) is 1. The van der Waals surface area contributed by atoms with E-state index in [2.05, 4.69) is 27.2 Å². The van der Waals surface area contributed by atoms with Crippen LogP contribution in [0.5, 0.6) is 0 Å². The number of carbonyl (C=O) groups excluding carboxylic acids is 1. The Morgan fingerprint density at radius 2 is 2.12 bits per heavy atom. The lowest BCUT2D eigenvalue weighted by Crippen LogP contribution is -2.43. The molecule has 1 aromatic carbocycles. The lowest BCUT2D eigenvalue weighted by atomic mass is 9.91. The van der Waals surface area contributed by atoms with Crippen LogP contribution in [0.4, 0.5) is 5.95 Å². The number of ether oxygens (including phenoxy) is 1. The third-order valence-electron chi connectivity index (χ3n) is 6.35. The number of aromatic nitrogens is 3. The molecule has 9 nitrogen and oxygen atoms in total. The standard InChI is InChI=1S/C24H28N6O3S/c1-29-10-11-33-18(14-29)13-26-23-25-8-6-19(28-23)20-15-34-21(27-20)16-4-3-5-17(12-16)24(32)7-9-30(2)22(24)31/h3-6,8,12,15,18,32H,7,9-11,13-14H2,1-2H3,(H,25,26,28)/t18-,24+/m0/s1. The quantitative estimate of drug-likeness (QED) is 0.553. The Morgan fingerprint density at radius 3 is 2.91 bits per heavy atom. The van der Waals surface area contributed by atoms with E-state index in [1.165, 1.54) is 11.3 Å². The zero-order valence-electron chi connectivity index (χ0n) is 19.3. The van der Waals surface area contributed by atoms with Crippen molar-refractivity contribution in [1.82, 2.24) is 24.8 Å². The molecule has 2 fully saturated rings. The molecule has 4 heterocycles. The fourth-order valence-electron chi connectivity index (χ4n) is 4.34. The molecule has 2 aliphatic rings. The van der Waals surface area contributed by atoms with Gasteiger partial charge < -0.3 is 25.0 Å². The third-order valence-corrected chi connectivity index (χ3v) is 7.24. The maximum atomic E-state index is 12.5. The summed E-state index contributed by atoms with van der Waals surface area (Å²) in [4.78, 5) is 30.0. The second-order valence-electron chi connectivity index (χ2n) is 8.86. The van der Waals surface area contributed by atoms with Crippen molar-refractivity contribution in [1.29, 1.82) is 0 Å². The van der Waals surface area contributed by atoms with Gasteiger partial charge in [-0.25, -0.2) is 15.0 Å². The van der Waals surface area contributed by atoms with E-state index in [0.717, 1.165) is 41.7 Å². The Bertz CT molecular complexity index is 1190. The van der Waals surface area contributed by atoms with Crippen LogP contribution in [0.3, 0.4) is 0 Å². The summed E-state index contributed by atoms with van der Waals surface area (Å²) >= 11 is 1.50. The molecule has 2 aliphatic heterocycles. The van der Waals surface area contributed by atoms with Gasteiger partial charge in [-0.05, 0) is 24.7 Å². The van der Waals surface area contributed by atoms with Crippen molar-refractivity contribution >= 4 is 23.2 Å². The van der Waals surface area contributed by atoms with Crippen LogP contribution < -0.4 is 5.32 Å². The number of aliphatic hydroxyl groups is 1. The van der Waals surface area contributed by atoms with Crippen LogP contribution in [0.15, 0.2) is 41.9 Å². The number of carbonyl (C=O) groups is 1. The van der Waals surface area contributed by atoms with Crippen molar-refractivity contribution in [2.45, 2.75) is 18.1 Å². The number of morpholine rings is 1. The van der Waals surface area contributed by atoms with Crippen LogP contribution in [0, 0.1) is 0 Å². The van der Waals surface area contributed by atoms with Crippen molar-refractivity contribution in [3.05, 3.63) is 47.5 Å². The van der Waals surface area contributed by atoms with Crippen molar-refractivity contribution in [2.75, 3.05) is 52.2 Å². The Morgan fingerprint density at radius 1 is 1.24 bits per heavy atom. The van der Waals surface area contributed by atoms with Gasteiger partial charge >= 0.3 is 0 Å². The van der Waals surface area contributed by atoms with Gasteiger partial charge in [0.1, 0.15) is 10.7 Å². The van der Waals surface area contributed by atoms with E-state index in [4.69, 9.17) is 9.72 Å². The van der Waals surface area contributed by atoms with Gasteiger partial charge in [-0.15, -0.1) is 11.3 Å². The summed E-state index contributed by atoms with van der Waals surface area (Å²) in [5, 5.41) is 17.0. The monoisotopic (exact) mass is 480 g/mol. The maximum Gasteiger partial charge on any atom is 0.258 e. The van der Waals surface area contributed by atoms with Crippen LogP contribution in [0.2, 0.25) is 0 Å². The van der Waals surface area contributed by atoms with Crippen LogP contribution >= 0.6 is 11.3 Å². The zero-order chi connectivity index (χ0) is 23.7. The zero-order valence-corrected chi connectivity index (χ0v) is 20.1. The van der Waals surface area contributed by atoms with Crippen molar-refractivity contribution in [3.8, 4) is 22.0 Å². The van der Waals surface area contributed by atoms with Gasteiger partial charge in [0.25, 0.3) is 5.91 Å². The first-order chi connectivity index (χ1) is 16.4. The van der Waals surface area contributed by atoms with E-state index in [-0.39, 0.29) is 12.0 Å². The second kappa shape index (κ2) is 9.38. The molecule has 0 spiro atoms. The summed E-state index contributed by atoms with van der Waals surface area (Å²) in [6.45, 7) is 3.73.